The molecule has 0 fully saturated rings. The smallest absolute Gasteiger partial charge is 0.258 e. The lowest BCUT2D eigenvalue weighted by Gasteiger charge is -2.13. The van der Waals surface area contributed by atoms with Crippen molar-refractivity contribution < 1.29 is 19.1 Å². The summed E-state index contributed by atoms with van der Waals surface area (Å²) in [6.45, 7) is 0.444. The number of methoxy groups -OCH3 is 1. The number of carbonyl (C=O) groups is 2. The van der Waals surface area contributed by atoms with E-state index in [1.807, 2.05) is 0 Å². The number of hydrogen-bond acceptors (Lipinski definition) is 4. The Hall–Kier alpha value is -2.50. The van der Waals surface area contributed by atoms with Crippen LogP contribution in [0.4, 0.5) is 0 Å². The fraction of sp³-hybridized carbons (Fsp3) is 0.474. The molecule has 136 valence electrons. The molecule has 1 aliphatic carbocycles. The maximum absolute atomic E-state index is 11.7. The molecule has 0 unspecified atom stereocenters. The molecule has 25 heavy (non-hydrogen) atoms. The zero-order chi connectivity index (χ0) is 17.9. The van der Waals surface area contributed by atoms with E-state index in [0.717, 1.165) is 25.0 Å². The van der Waals surface area contributed by atoms with Crippen molar-refractivity contribution >= 4 is 11.8 Å². The van der Waals surface area contributed by atoms with Crippen molar-refractivity contribution in [1.82, 2.24) is 10.6 Å². The third-order valence-electron chi connectivity index (χ3n) is 4.03. The topological polar surface area (TPSA) is 76.7 Å². The molecule has 0 heterocycles. The van der Waals surface area contributed by atoms with Crippen LogP contribution < -0.4 is 20.1 Å². The Labute approximate surface area is 148 Å². The van der Waals surface area contributed by atoms with E-state index >= 15 is 0 Å². The second kappa shape index (κ2) is 10.4. The van der Waals surface area contributed by atoms with E-state index in [1.54, 1.807) is 31.4 Å². The third-order valence-corrected chi connectivity index (χ3v) is 4.03. The van der Waals surface area contributed by atoms with Gasteiger partial charge in [-0.25, -0.2) is 0 Å². The summed E-state index contributed by atoms with van der Waals surface area (Å²) in [5.41, 5.74) is 1.42. The highest BCUT2D eigenvalue weighted by atomic mass is 16.5. The van der Waals surface area contributed by atoms with Gasteiger partial charge in [0, 0.05) is 6.54 Å². The van der Waals surface area contributed by atoms with Crippen molar-refractivity contribution in [2.24, 2.45) is 0 Å². The molecule has 1 aliphatic rings. The van der Waals surface area contributed by atoms with Gasteiger partial charge in [0.15, 0.2) is 6.61 Å². The molecule has 2 rings (SSSR count). The van der Waals surface area contributed by atoms with Crippen LogP contribution in [0.2, 0.25) is 0 Å². The number of amides is 2. The Morgan fingerprint density at radius 2 is 1.80 bits per heavy atom. The van der Waals surface area contributed by atoms with Gasteiger partial charge < -0.3 is 20.1 Å². The van der Waals surface area contributed by atoms with Crippen LogP contribution in [-0.4, -0.2) is 38.6 Å². The van der Waals surface area contributed by atoms with E-state index in [9.17, 15) is 9.59 Å². The normalized spacial score (nSPS) is 13.6. The average molecular weight is 346 g/mol. The van der Waals surface area contributed by atoms with Gasteiger partial charge in [-0.15, -0.1) is 0 Å². The summed E-state index contributed by atoms with van der Waals surface area (Å²) in [5, 5.41) is 5.37. The van der Waals surface area contributed by atoms with Gasteiger partial charge in [0.2, 0.25) is 5.91 Å². The molecule has 1 aromatic rings. The molecule has 1 aromatic carbocycles. The molecular formula is C19H26N2O4. The average Bonchev–Trinajstić information content (AvgIpc) is 2.66. The van der Waals surface area contributed by atoms with E-state index in [1.165, 1.54) is 18.4 Å². The number of rotatable bonds is 9. The Bertz CT molecular complexity index is 596. The number of carbonyl (C=O) groups excluding carboxylic acids is 2. The van der Waals surface area contributed by atoms with E-state index in [2.05, 4.69) is 16.7 Å². The van der Waals surface area contributed by atoms with Crippen LogP contribution in [0.25, 0.3) is 0 Å². The largest absolute Gasteiger partial charge is 0.497 e. The molecule has 2 amide bonds. The van der Waals surface area contributed by atoms with Gasteiger partial charge in [-0.05, 0) is 56.4 Å². The van der Waals surface area contributed by atoms with Gasteiger partial charge in [-0.3, -0.25) is 9.59 Å². The molecule has 2 N–H and O–H groups in total. The van der Waals surface area contributed by atoms with Crippen molar-refractivity contribution in [3.8, 4) is 11.5 Å². The second-order valence-corrected chi connectivity index (χ2v) is 5.95. The van der Waals surface area contributed by atoms with E-state index in [4.69, 9.17) is 9.47 Å². The molecule has 0 spiro atoms. The summed E-state index contributed by atoms with van der Waals surface area (Å²) in [6.07, 6.45) is 7.95. The van der Waals surface area contributed by atoms with Crippen LogP contribution in [0.1, 0.15) is 32.1 Å². The zero-order valence-electron chi connectivity index (χ0n) is 14.7. The van der Waals surface area contributed by atoms with Crippen molar-refractivity contribution in [2.75, 3.05) is 26.8 Å². The summed E-state index contributed by atoms with van der Waals surface area (Å²) in [6, 6.07) is 6.95. The maximum atomic E-state index is 11.7. The van der Waals surface area contributed by atoms with Crippen molar-refractivity contribution in [2.45, 2.75) is 32.1 Å². The lowest BCUT2D eigenvalue weighted by Crippen LogP contribution is -2.39. The number of benzene rings is 1. The van der Waals surface area contributed by atoms with Gasteiger partial charge in [0.25, 0.3) is 5.91 Å². The lowest BCUT2D eigenvalue weighted by molar-refractivity contribution is -0.127. The number of nitrogens with one attached hydrogen (secondary N) is 2. The zero-order valence-corrected chi connectivity index (χ0v) is 14.7. The summed E-state index contributed by atoms with van der Waals surface area (Å²) in [7, 11) is 1.58. The van der Waals surface area contributed by atoms with Gasteiger partial charge in [-0.1, -0.05) is 11.6 Å². The molecule has 0 saturated carbocycles. The minimum atomic E-state index is -0.332. The van der Waals surface area contributed by atoms with Gasteiger partial charge in [0.05, 0.1) is 13.7 Å². The summed E-state index contributed by atoms with van der Waals surface area (Å²) in [4.78, 5) is 23.4. The first-order valence-corrected chi connectivity index (χ1v) is 8.65. The predicted molar refractivity (Wildman–Crippen MR) is 95.7 cm³/mol. The van der Waals surface area contributed by atoms with Crippen molar-refractivity contribution in [1.29, 1.82) is 0 Å². The SMILES string of the molecule is COc1ccc(OCC(=O)NCC(=O)NCCC2=CCCCC2)cc1. The van der Waals surface area contributed by atoms with Gasteiger partial charge in [-0.2, -0.15) is 0 Å². The van der Waals surface area contributed by atoms with Gasteiger partial charge >= 0.3 is 0 Å². The maximum Gasteiger partial charge on any atom is 0.258 e. The van der Waals surface area contributed by atoms with Crippen molar-refractivity contribution in [3.05, 3.63) is 35.9 Å². The first-order chi connectivity index (χ1) is 12.2. The van der Waals surface area contributed by atoms with Crippen LogP contribution in [0.3, 0.4) is 0 Å². The standard InChI is InChI=1S/C19H26N2O4/c1-24-16-7-9-17(10-8-16)25-14-19(23)21-13-18(22)20-12-11-15-5-3-2-4-6-15/h5,7-10H,2-4,6,11-14H2,1H3,(H,20,22)(H,21,23). The van der Waals surface area contributed by atoms with E-state index in [-0.39, 0.29) is 25.0 Å². The molecular weight excluding hydrogens is 320 g/mol. The summed E-state index contributed by atoms with van der Waals surface area (Å²) >= 11 is 0. The van der Waals surface area contributed by atoms with Crippen LogP contribution in [0.5, 0.6) is 11.5 Å². The number of ether oxygens (including phenoxy) is 2. The summed E-state index contributed by atoms with van der Waals surface area (Å²) in [5.74, 6) is 0.772. The number of hydrogen-bond donors (Lipinski definition) is 2. The fourth-order valence-electron chi connectivity index (χ4n) is 2.61. The first kappa shape index (κ1) is 18.8. The molecule has 0 saturated heterocycles. The Morgan fingerprint density at radius 1 is 1.04 bits per heavy atom. The molecule has 0 aliphatic heterocycles. The van der Waals surface area contributed by atoms with Gasteiger partial charge in [0.1, 0.15) is 11.5 Å². The third kappa shape index (κ3) is 7.28. The molecule has 6 nitrogen and oxygen atoms in total. The quantitative estimate of drug-likeness (QED) is 0.672. The minimum Gasteiger partial charge on any atom is -0.497 e. The van der Waals surface area contributed by atoms with Crippen LogP contribution in [0.15, 0.2) is 35.9 Å². The van der Waals surface area contributed by atoms with Crippen LogP contribution in [0, 0.1) is 0 Å². The molecule has 0 radical (unpaired) electrons. The van der Waals surface area contributed by atoms with Crippen molar-refractivity contribution in [3.63, 3.8) is 0 Å². The lowest BCUT2D eigenvalue weighted by atomic mass is 9.97. The Morgan fingerprint density at radius 3 is 2.48 bits per heavy atom. The molecule has 0 aromatic heterocycles. The Kier molecular flexibility index (Phi) is 7.82. The predicted octanol–water partition coefficient (Wildman–Crippen LogP) is 2.20. The monoisotopic (exact) mass is 346 g/mol. The highest BCUT2D eigenvalue weighted by molar-refractivity contribution is 5.85. The summed E-state index contributed by atoms with van der Waals surface area (Å²) < 4.78 is 10.4. The molecule has 6 heteroatoms. The van der Waals surface area contributed by atoms with Crippen LogP contribution >= 0.6 is 0 Å². The molecule has 0 atom stereocenters. The highest BCUT2D eigenvalue weighted by Crippen LogP contribution is 2.19. The fourth-order valence-corrected chi connectivity index (χ4v) is 2.61. The molecule has 0 bridgehead atoms. The minimum absolute atomic E-state index is 0.0378. The highest BCUT2D eigenvalue weighted by Gasteiger charge is 2.08. The van der Waals surface area contributed by atoms with E-state index < -0.39 is 0 Å². The second-order valence-electron chi connectivity index (χ2n) is 5.95. The first-order valence-electron chi connectivity index (χ1n) is 8.65. The van der Waals surface area contributed by atoms with E-state index in [0.29, 0.717) is 12.3 Å². The Balaban J connectivity index is 1.57. The van der Waals surface area contributed by atoms with Crippen LogP contribution in [-0.2, 0) is 9.59 Å². The number of allylic oxidation sites excluding steroid dienone is 1.